The molecule has 0 aliphatic carbocycles. The molecule has 1 aromatic carbocycles. The molecule has 1 atom stereocenters. The number of ether oxygens (including phenoxy) is 1. The number of nitrogens with one attached hydrogen (secondary N) is 2. The van der Waals surface area contributed by atoms with Crippen LogP contribution < -0.4 is 15.5 Å². The molecule has 2 N–H and O–H groups in total. The molecule has 0 radical (unpaired) electrons. The molecule has 6 nitrogen and oxygen atoms in total. The number of rotatable bonds is 5. The van der Waals surface area contributed by atoms with Crippen LogP contribution >= 0.6 is 22.9 Å². The van der Waals surface area contributed by atoms with E-state index in [1.54, 1.807) is 12.3 Å². The molecule has 1 amide bonds. The normalized spacial score (nSPS) is 16.9. The average molecular weight is 427 g/mol. The number of carbonyl (C=O) groups is 1. The number of hydrogen-bond donors (Lipinski definition) is 2. The first kappa shape index (κ1) is 20.7. The predicted octanol–water partition coefficient (Wildman–Crippen LogP) is 4.65. The summed E-state index contributed by atoms with van der Waals surface area (Å²) in [6.07, 6.45) is 1.97. The Morgan fingerprint density at radius 1 is 1.46 bits per heavy atom. The van der Waals surface area contributed by atoms with Gasteiger partial charge in [0.15, 0.2) is 4.47 Å². The zero-order valence-electron chi connectivity index (χ0n) is 16.1. The van der Waals surface area contributed by atoms with E-state index < -0.39 is 11.7 Å². The fourth-order valence-electron chi connectivity index (χ4n) is 3.08. The summed E-state index contributed by atoms with van der Waals surface area (Å²) >= 11 is 7.25. The van der Waals surface area contributed by atoms with Crippen LogP contribution in [0.3, 0.4) is 0 Å². The topological polar surface area (TPSA) is 66.5 Å². The number of benzene rings is 1. The second kappa shape index (κ2) is 8.53. The average Bonchev–Trinajstić information content (AvgIpc) is 3.20. The molecule has 0 saturated carbocycles. The predicted molar refractivity (Wildman–Crippen MR) is 111 cm³/mol. The van der Waals surface area contributed by atoms with Gasteiger partial charge in [0.1, 0.15) is 11.4 Å². The van der Waals surface area contributed by atoms with Crippen molar-refractivity contribution in [3.05, 3.63) is 39.6 Å². The number of para-hydroxylation sites is 1. The van der Waals surface area contributed by atoms with Gasteiger partial charge in [-0.15, -0.1) is 11.3 Å². The Morgan fingerprint density at radius 2 is 2.25 bits per heavy atom. The molecule has 3 rings (SSSR count). The van der Waals surface area contributed by atoms with Gasteiger partial charge in [0.2, 0.25) is 0 Å². The van der Waals surface area contributed by atoms with E-state index >= 15 is 0 Å². The zero-order valence-corrected chi connectivity index (χ0v) is 17.7. The van der Waals surface area contributed by atoms with E-state index in [-0.39, 0.29) is 11.9 Å². The van der Waals surface area contributed by atoms with Crippen LogP contribution in [-0.2, 0) is 11.3 Å². The van der Waals surface area contributed by atoms with E-state index in [4.69, 9.17) is 16.3 Å². The van der Waals surface area contributed by atoms with E-state index in [1.807, 2.05) is 31.7 Å². The molecule has 1 unspecified atom stereocenters. The van der Waals surface area contributed by atoms with Gasteiger partial charge in [0, 0.05) is 24.2 Å². The van der Waals surface area contributed by atoms with E-state index in [0.717, 1.165) is 11.3 Å². The molecule has 0 spiro atoms. The van der Waals surface area contributed by atoms with Crippen molar-refractivity contribution in [3.63, 3.8) is 0 Å². The number of amides is 1. The van der Waals surface area contributed by atoms with E-state index in [9.17, 15) is 9.18 Å². The van der Waals surface area contributed by atoms with E-state index in [0.29, 0.717) is 35.5 Å². The summed E-state index contributed by atoms with van der Waals surface area (Å²) in [5, 5.41) is 6.13. The Labute approximate surface area is 173 Å². The number of carbonyl (C=O) groups excluding carboxylic acids is 1. The minimum absolute atomic E-state index is 0.0948. The highest BCUT2D eigenvalue weighted by Crippen LogP contribution is 2.32. The summed E-state index contributed by atoms with van der Waals surface area (Å²) in [6, 6.07) is 4.87. The molecule has 1 aliphatic rings. The molecule has 1 aromatic heterocycles. The van der Waals surface area contributed by atoms with Crippen molar-refractivity contribution in [1.29, 1.82) is 0 Å². The Kier molecular flexibility index (Phi) is 6.30. The molecule has 1 saturated heterocycles. The first-order chi connectivity index (χ1) is 13.2. The third-order valence-corrected chi connectivity index (χ3v) is 5.31. The van der Waals surface area contributed by atoms with Crippen molar-refractivity contribution < 1.29 is 13.9 Å². The molecule has 1 fully saturated rings. The Morgan fingerprint density at radius 3 is 2.93 bits per heavy atom. The van der Waals surface area contributed by atoms with Gasteiger partial charge in [-0.3, -0.25) is 0 Å². The maximum Gasteiger partial charge on any atom is 0.407 e. The van der Waals surface area contributed by atoms with Crippen LogP contribution in [0.25, 0.3) is 0 Å². The third kappa shape index (κ3) is 5.48. The fourth-order valence-corrected chi connectivity index (χ4v) is 4.00. The van der Waals surface area contributed by atoms with Crippen LogP contribution in [-0.4, -0.2) is 35.8 Å². The lowest BCUT2D eigenvalue weighted by Gasteiger charge is -2.24. The summed E-state index contributed by atoms with van der Waals surface area (Å²) in [5.41, 5.74) is 0.652. The van der Waals surface area contributed by atoms with Crippen molar-refractivity contribution >= 4 is 40.4 Å². The smallest absolute Gasteiger partial charge is 0.407 e. The van der Waals surface area contributed by atoms with Crippen LogP contribution in [0.15, 0.2) is 24.4 Å². The maximum atomic E-state index is 14.6. The van der Waals surface area contributed by atoms with Crippen LogP contribution in [0.5, 0.6) is 0 Å². The monoisotopic (exact) mass is 426 g/mol. The summed E-state index contributed by atoms with van der Waals surface area (Å²) < 4.78 is 20.4. The molecule has 2 heterocycles. The van der Waals surface area contributed by atoms with Gasteiger partial charge >= 0.3 is 6.09 Å². The second-order valence-electron chi connectivity index (χ2n) is 7.65. The molecule has 152 valence electrons. The first-order valence-electron chi connectivity index (χ1n) is 9.08. The van der Waals surface area contributed by atoms with E-state index in [1.165, 1.54) is 17.4 Å². The lowest BCUT2D eigenvalue weighted by molar-refractivity contribution is 0.0509. The van der Waals surface area contributed by atoms with Gasteiger partial charge in [-0.1, -0.05) is 17.7 Å². The largest absolute Gasteiger partial charge is 0.444 e. The first-order valence-corrected chi connectivity index (χ1v) is 10.3. The number of hydrogen-bond acceptors (Lipinski definition) is 6. The minimum Gasteiger partial charge on any atom is -0.444 e. The van der Waals surface area contributed by atoms with Gasteiger partial charge in [-0.2, -0.15) is 0 Å². The number of alkyl carbamates (subject to hydrolysis) is 1. The SMILES string of the molecule is CC(C)(C)OC(=O)NC1CCN(c2c(F)cccc2NCc2cnc(Cl)s2)C1. The molecule has 9 heteroatoms. The summed E-state index contributed by atoms with van der Waals surface area (Å²) in [5.74, 6) is -0.301. The molecular formula is C19H24ClFN4O2S. The molecule has 2 aromatic rings. The second-order valence-corrected chi connectivity index (χ2v) is 9.34. The summed E-state index contributed by atoms with van der Waals surface area (Å²) in [7, 11) is 0. The van der Waals surface area contributed by atoms with Gasteiger partial charge in [0.05, 0.1) is 24.0 Å². The lowest BCUT2D eigenvalue weighted by atomic mass is 10.2. The number of thiazole rings is 1. The quantitative estimate of drug-likeness (QED) is 0.728. The Hall–Kier alpha value is -2.06. The Balaban J connectivity index is 1.65. The number of halogens is 2. The van der Waals surface area contributed by atoms with Crippen molar-refractivity contribution in [2.45, 2.75) is 45.4 Å². The van der Waals surface area contributed by atoms with E-state index in [2.05, 4.69) is 15.6 Å². The van der Waals surface area contributed by atoms with Gasteiger partial charge < -0.3 is 20.3 Å². The van der Waals surface area contributed by atoms with Crippen LogP contribution in [0.2, 0.25) is 4.47 Å². The van der Waals surface area contributed by atoms with Crippen molar-refractivity contribution in [3.8, 4) is 0 Å². The Bertz CT molecular complexity index is 840. The number of nitrogens with zero attached hydrogens (tertiary/aromatic N) is 2. The number of aromatic nitrogens is 1. The highest BCUT2D eigenvalue weighted by molar-refractivity contribution is 7.15. The van der Waals surface area contributed by atoms with Crippen LogP contribution in [0.1, 0.15) is 32.1 Å². The third-order valence-electron chi connectivity index (χ3n) is 4.19. The number of anilines is 2. The van der Waals surface area contributed by atoms with Crippen molar-refractivity contribution in [2.75, 3.05) is 23.3 Å². The molecule has 1 aliphatic heterocycles. The molecule has 0 bridgehead atoms. The highest BCUT2D eigenvalue weighted by Gasteiger charge is 2.29. The van der Waals surface area contributed by atoms with Crippen molar-refractivity contribution in [2.24, 2.45) is 0 Å². The van der Waals surface area contributed by atoms with Gasteiger partial charge in [0.25, 0.3) is 0 Å². The highest BCUT2D eigenvalue weighted by atomic mass is 35.5. The summed E-state index contributed by atoms with van der Waals surface area (Å²) in [4.78, 5) is 18.9. The zero-order chi connectivity index (χ0) is 20.3. The standard InChI is InChI=1S/C19H24ClFN4O2S/c1-19(2,3)27-18(26)24-12-7-8-25(11-12)16-14(21)5-4-6-15(16)22-9-13-10-23-17(20)28-13/h4-6,10,12,22H,7-9,11H2,1-3H3,(H,24,26). The lowest BCUT2D eigenvalue weighted by Crippen LogP contribution is -2.40. The van der Waals surface area contributed by atoms with Crippen molar-refractivity contribution in [1.82, 2.24) is 10.3 Å². The summed E-state index contributed by atoms with van der Waals surface area (Å²) in [6.45, 7) is 7.13. The molecular weight excluding hydrogens is 403 g/mol. The maximum absolute atomic E-state index is 14.6. The van der Waals surface area contributed by atoms with Crippen LogP contribution in [0, 0.1) is 5.82 Å². The van der Waals surface area contributed by atoms with Gasteiger partial charge in [-0.25, -0.2) is 14.2 Å². The minimum atomic E-state index is -0.551. The molecule has 28 heavy (non-hydrogen) atoms. The fraction of sp³-hybridized carbons (Fsp3) is 0.474. The van der Waals surface area contributed by atoms with Crippen LogP contribution in [0.4, 0.5) is 20.6 Å². The van der Waals surface area contributed by atoms with Gasteiger partial charge in [-0.05, 0) is 39.3 Å².